The Balaban J connectivity index is 1.61. The lowest BCUT2D eigenvalue weighted by atomic mass is 10.1. The molecule has 1 aliphatic heterocycles. The average Bonchev–Trinajstić information content (AvgIpc) is 2.69. The average molecular weight is 432 g/mol. The summed E-state index contributed by atoms with van der Waals surface area (Å²) in [6.45, 7) is 7.42. The molecule has 1 aliphatic rings. The number of halogens is 1. The first-order chi connectivity index (χ1) is 14.2. The topological polar surface area (TPSA) is 100 Å². The van der Waals surface area contributed by atoms with E-state index in [0.29, 0.717) is 42.5 Å². The third-order valence-corrected chi connectivity index (χ3v) is 4.60. The van der Waals surface area contributed by atoms with Crippen LogP contribution in [0.5, 0.6) is 0 Å². The molecule has 30 heavy (non-hydrogen) atoms. The Hall–Kier alpha value is -2.71. The van der Waals surface area contributed by atoms with E-state index in [0.717, 1.165) is 11.1 Å². The van der Waals surface area contributed by atoms with Crippen LogP contribution in [0.2, 0.25) is 5.15 Å². The summed E-state index contributed by atoms with van der Waals surface area (Å²) in [4.78, 5) is 22.6. The molecule has 0 bridgehead atoms. The van der Waals surface area contributed by atoms with Gasteiger partial charge in [0.25, 0.3) is 0 Å². The van der Waals surface area contributed by atoms with Gasteiger partial charge in [0.2, 0.25) is 0 Å². The van der Waals surface area contributed by atoms with Crippen LogP contribution in [0.25, 0.3) is 16.6 Å². The molecule has 1 fully saturated rings. The maximum absolute atomic E-state index is 12.3. The van der Waals surface area contributed by atoms with Gasteiger partial charge >= 0.3 is 6.09 Å². The standard InChI is InChI=1S/C21H26ClN5O3/c1-21(2,3)30-20(28)27-6-7-29-16(13-27)12-24-10-15(9-23)14-8-18-17(25-11-14)4-5-19(22)26-18/h4-5,8-11,16,23-24H,6-7,12-13H2,1-3H3/b15-10+,23-9?. The monoisotopic (exact) mass is 431 g/mol. The number of carbonyl (C=O) groups excluding carboxylic acids is 1. The van der Waals surface area contributed by atoms with Gasteiger partial charge in [-0.2, -0.15) is 0 Å². The van der Waals surface area contributed by atoms with Crippen LogP contribution in [0.15, 0.2) is 30.6 Å². The Morgan fingerprint density at radius 3 is 2.97 bits per heavy atom. The molecule has 0 radical (unpaired) electrons. The quantitative estimate of drug-likeness (QED) is 0.555. The van der Waals surface area contributed by atoms with Crippen molar-refractivity contribution in [3.8, 4) is 0 Å². The molecule has 2 aromatic heterocycles. The second-order valence-electron chi connectivity index (χ2n) is 7.97. The van der Waals surface area contributed by atoms with E-state index in [1.807, 2.05) is 26.8 Å². The Bertz CT molecular complexity index is 957. The number of ether oxygens (including phenoxy) is 2. The summed E-state index contributed by atoms with van der Waals surface area (Å²) in [5.41, 5.74) is 2.26. The Morgan fingerprint density at radius 1 is 1.43 bits per heavy atom. The van der Waals surface area contributed by atoms with Gasteiger partial charge in [0, 0.05) is 42.8 Å². The van der Waals surface area contributed by atoms with Gasteiger partial charge in [-0.3, -0.25) is 4.98 Å². The first kappa shape index (κ1) is 22.0. The van der Waals surface area contributed by atoms with E-state index < -0.39 is 5.60 Å². The number of hydrogen-bond donors (Lipinski definition) is 2. The van der Waals surface area contributed by atoms with E-state index in [1.165, 1.54) is 6.21 Å². The van der Waals surface area contributed by atoms with Gasteiger partial charge in [-0.05, 0) is 39.0 Å². The number of aromatic nitrogens is 2. The molecule has 8 nitrogen and oxygen atoms in total. The van der Waals surface area contributed by atoms with Crippen molar-refractivity contribution in [2.75, 3.05) is 26.2 Å². The predicted octanol–water partition coefficient (Wildman–Crippen LogP) is 3.50. The van der Waals surface area contributed by atoms with Crippen LogP contribution in [0.4, 0.5) is 4.79 Å². The highest BCUT2D eigenvalue weighted by atomic mass is 35.5. The molecule has 9 heteroatoms. The molecule has 3 rings (SSSR count). The van der Waals surface area contributed by atoms with Crippen molar-refractivity contribution in [3.63, 3.8) is 0 Å². The third-order valence-electron chi connectivity index (χ3n) is 4.39. The summed E-state index contributed by atoms with van der Waals surface area (Å²) < 4.78 is 11.2. The minimum Gasteiger partial charge on any atom is -0.444 e. The summed E-state index contributed by atoms with van der Waals surface area (Å²) in [6.07, 6.45) is 4.16. The molecular formula is C21H26ClN5O3. The van der Waals surface area contributed by atoms with Gasteiger partial charge in [0.1, 0.15) is 10.8 Å². The maximum atomic E-state index is 12.3. The number of allylic oxidation sites excluding steroid dienone is 1. The molecule has 160 valence electrons. The van der Waals surface area contributed by atoms with Gasteiger partial charge in [-0.15, -0.1) is 0 Å². The van der Waals surface area contributed by atoms with Gasteiger partial charge in [0.15, 0.2) is 0 Å². The number of nitrogens with zero attached hydrogens (tertiary/aromatic N) is 3. The Morgan fingerprint density at radius 2 is 2.23 bits per heavy atom. The fraction of sp³-hybridized carbons (Fsp3) is 0.429. The summed E-state index contributed by atoms with van der Waals surface area (Å²) in [5.74, 6) is 0. The fourth-order valence-corrected chi connectivity index (χ4v) is 3.14. The van der Waals surface area contributed by atoms with Crippen LogP contribution in [0.3, 0.4) is 0 Å². The highest BCUT2D eigenvalue weighted by molar-refractivity contribution is 6.29. The lowest BCUT2D eigenvalue weighted by molar-refractivity contribution is -0.0401. The second kappa shape index (κ2) is 9.40. The molecule has 0 saturated carbocycles. The van der Waals surface area contributed by atoms with E-state index >= 15 is 0 Å². The molecule has 0 spiro atoms. The van der Waals surface area contributed by atoms with E-state index in [2.05, 4.69) is 15.3 Å². The first-order valence-corrected chi connectivity index (χ1v) is 10.1. The van der Waals surface area contributed by atoms with E-state index in [4.69, 9.17) is 26.5 Å². The normalized spacial score (nSPS) is 17.7. The largest absolute Gasteiger partial charge is 0.444 e. The molecule has 2 N–H and O–H groups in total. The van der Waals surface area contributed by atoms with E-state index in [9.17, 15) is 4.79 Å². The van der Waals surface area contributed by atoms with Crippen LogP contribution >= 0.6 is 11.6 Å². The fourth-order valence-electron chi connectivity index (χ4n) is 2.98. The van der Waals surface area contributed by atoms with Crippen LogP contribution in [-0.2, 0) is 9.47 Å². The number of fused-ring (bicyclic) bond motifs is 1. The van der Waals surface area contributed by atoms with Crippen LogP contribution in [0.1, 0.15) is 26.3 Å². The lowest BCUT2D eigenvalue weighted by Crippen LogP contribution is -2.49. The molecule has 2 aromatic rings. The second-order valence-corrected chi connectivity index (χ2v) is 8.35. The minimum atomic E-state index is -0.530. The van der Waals surface area contributed by atoms with Crippen molar-refractivity contribution in [3.05, 3.63) is 41.3 Å². The molecular weight excluding hydrogens is 406 g/mol. The molecule has 1 atom stereocenters. The smallest absolute Gasteiger partial charge is 0.410 e. The van der Waals surface area contributed by atoms with E-state index in [-0.39, 0.29) is 12.2 Å². The maximum Gasteiger partial charge on any atom is 0.410 e. The zero-order valence-corrected chi connectivity index (χ0v) is 18.1. The van der Waals surface area contributed by atoms with Crippen molar-refractivity contribution in [1.29, 1.82) is 5.41 Å². The van der Waals surface area contributed by atoms with Gasteiger partial charge in [-0.1, -0.05) is 11.6 Å². The number of amides is 1. The van der Waals surface area contributed by atoms with Crippen LogP contribution in [-0.4, -0.2) is 65.1 Å². The third kappa shape index (κ3) is 5.90. The van der Waals surface area contributed by atoms with Crippen molar-refractivity contribution >= 4 is 40.5 Å². The summed E-state index contributed by atoms with van der Waals surface area (Å²) in [6, 6.07) is 5.33. The van der Waals surface area contributed by atoms with Gasteiger partial charge in [-0.25, -0.2) is 9.78 Å². The molecule has 1 amide bonds. The highest BCUT2D eigenvalue weighted by Crippen LogP contribution is 2.18. The zero-order chi connectivity index (χ0) is 21.7. The number of carbonyl (C=O) groups is 1. The van der Waals surface area contributed by atoms with Crippen LogP contribution < -0.4 is 5.32 Å². The summed E-state index contributed by atoms with van der Waals surface area (Å²) in [5, 5.41) is 11.3. The van der Waals surface area contributed by atoms with Crippen molar-refractivity contribution in [1.82, 2.24) is 20.2 Å². The molecule has 0 aliphatic carbocycles. The molecule has 3 heterocycles. The Kier molecular flexibility index (Phi) is 6.89. The SMILES string of the molecule is CC(C)(C)OC(=O)N1CCOC(CN/C=C(\C=N)c2cnc3ccc(Cl)nc3c2)C1. The number of rotatable bonds is 5. The minimum absolute atomic E-state index is 0.176. The first-order valence-electron chi connectivity index (χ1n) is 9.71. The van der Waals surface area contributed by atoms with Gasteiger partial charge < -0.3 is 25.1 Å². The van der Waals surface area contributed by atoms with Crippen LogP contribution in [0, 0.1) is 5.41 Å². The van der Waals surface area contributed by atoms with Crippen molar-refractivity contribution in [2.24, 2.45) is 0 Å². The number of nitrogens with one attached hydrogen (secondary N) is 2. The van der Waals surface area contributed by atoms with E-state index in [1.54, 1.807) is 29.4 Å². The highest BCUT2D eigenvalue weighted by Gasteiger charge is 2.27. The summed E-state index contributed by atoms with van der Waals surface area (Å²) in [7, 11) is 0. The number of hydrogen-bond acceptors (Lipinski definition) is 7. The lowest BCUT2D eigenvalue weighted by Gasteiger charge is -2.34. The molecule has 1 saturated heterocycles. The molecule has 1 unspecified atom stereocenters. The molecule has 0 aromatic carbocycles. The summed E-state index contributed by atoms with van der Waals surface area (Å²) >= 11 is 5.96. The van der Waals surface area contributed by atoms with Crippen molar-refractivity contribution < 1.29 is 14.3 Å². The number of pyridine rings is 2. The van der Waals surface area contributed by atoms with Gasteiger partial charge in [0.05, 0.1) is 30.3 Å². The Labute approximate surface area is 180 Å². The number of morpholine rings is 1. The predicted molar refractivity (Wildman–Crippen MR) is 117 cm³/mol. The van der Waals surface area contributed by atoms with Crippen molar-refractivity contribution in [2.45, 2.75) is 32.5 Å². The zero-order valence-electron chi connectivity index (χ0n) is 17.3.